The Morgan fingerprint density at radius 1 is 1.30 bits per heavy atom. The number of hydrogen-bond acceptors (Lipinski definition) is 5. The van der Waals surface area contributed by atoms with Crippen molar-refractivity contribution in [1.82, 2.24) is 15.1 Å². The lowest BCUT2D eigenvalue weighted by atomic mass is 10.1. The summed E-state index contributed by atoms with van der Waals surface area (Å²) >= 11 is 0. The van der Waals surface area contributed by atoms with E-state index in [9.17, 15) is 5.11 Å². The second-order valence-corrected chi connectivity index (χ2v) is 6.00. The van der Waals surface area contributed by atoms with Crippen molar-refractivity contribution in [3.05, 3.63) is 30.0 Å². The number of hydrogen-bond donors (Lipinski definition) is 2. The van der Waals surface area contributed by atoms with E-state index in [1.54, 1.807) is 0 Å². The second kappa shape index (κ2) is 7.02. The largest absolute Gasteiger partial charge is 0.486 e. The first-order chi connectivity index (χ1) is 11.1. The van der Waals surface area contributed by atoms with Crippen molar-refractivity contribution < 1.29 is 14.6 Å². The van der Waals surface area contributed by atoms with Gasteiger partial charge in [0.1, 0.15) is 13.2 Å². The normalized spacial score (nSPS) is 15.0. The third kappa shape index (κ3) is 3.83. The first-order valence-electron chi connectivity index (χ1n) is 7.92. The van der Waals surface area contributed by atoms with Gasteiger partial charge < -0.3 is 19.5 Å². The predicted octanol–water partition coefficient (Wildman–Crippen LogP) is 2.05. The molecule has 1 aliphatic rings. The standard InChI is InChI=1S/C17H23N3O3/c1-12(21)5-6-20(2)11-14-10-18-19-17(14)13-3-4-15-16(9-13)23-8-7-22-15/h3-4,9-10,12,21H,5-8,11H2,1-2H3,(H,18,19). The quantitative estimate of drug-likeness (QED) is 0.853. The molecule has 1 aliphatic heterocycles. The minimum atomic E-state index is -0.279. The SMILES string of the molecule is CC(O)CCN(C)Cc1cn[nH]c1-c1ccc2c(c1)OCCO2. The number of rotatable bonds is 6. The fraction of sp³-hybridized carbons (Fsp3) is 0.471. The molecule has 124 valence electrons. The van der Waals surface area contributed by atoms with Gasteiger partial charge in [0.2, 0.25) is 0 Å². The molecular weight excluding hydrogens is 294 g/mol. The molecule has 0 saturated heterocycles. The molecular formula is C17H23N3O3. The van der Waals surface area contributed by atoms with E-state index in [2.05, 4.69) is 15.1 Å². The number of H-pyrrole nitrogens is 1. The van der Waals surface area contributed by atoms with Crippen LogP contribution in [0.2, 0.25) is 0 Å². The number of fused-ring (bicyclic) bond motifs is 1. The van der Waals surface area contributed by atoms with E-state index >= 15 is 0 Å². The molecule has 6 heteroatoms. The highest BCUT2D eigenvalue weighted by Crippen LogP contribution is 2.34. The third-order valence-corrected chi connectivity index (χ3v) is 3.92. The molecule has 23 heavy (non-hydrogen) atoms. The Balaban J connectivity index is 1.75. The fourth-order valence-electron chi connectivity index (χ4n) is 2.66. The molecule has 0 aliphatic carbocycles. The van der Waals surface area contributed by atoms with Gasteiger partial charge in [-0.25, -0.2) is 0 Å². The van der Waals surface area contributed by atoms with Crippen molar-refractivity contribution in [2.45, 2.75) is 26.0 Å². The lowest BCUT2D eigenvalue weighted by Gasteiger charge is -2.19. The zero-order valence-corrected chi connectivity index (χ0v) is 13.6. The van der Waals surface area contributed by atoms with Gasteiger partial charge in [-0.2, -0.15) is 5.10 Å². The van der Waals surface area contributed by atoms with Gasteiger partial charge in [-0.1, -0.05) is 0 Å². The van der Waals surface area contributed by atoms with Crippen LogP contribution >= 0.6 is 0 Å². The van der Waals surface area contributed by atoms with Gasteiger partial charge in [-0.05, 0) is 38.6 Å². The monoisotopic (exact) mass is 317 g/mol. The molecule has 6 nitrogen and oxygen atoms in total. The molecule has 0 fully saturated rings. The van der Waals surface area contributed by atoms with Gasteiger partial charge in [-0.3, -0.25) is 5.10 Å². The van der Waals surface area contributed by atoms with Gasteiger partial charge in [0, 0.05) is 24.2 Å². The van der Waals surface area contributed by atoms with Crippen LogP contribution in [0.3, 0.4) is 0 Å². The molecule has 0 bridgehead atoms. The molecule has 1 aromatic carbocycles. The number of benzene rings is 1. The lowest BCUT2D eigenvalue weighted by Crippen LogP contribution is -2.22. The Hall–Kier alpha value is -2.05. The number of aromatic amines is 1. The molecule has 0 amide bonds. The van der Waals surface area contributed by atoms with Gasteiger partial charge in [0.25, 0.3) is 0 Å². The van der Waals surface area contributed by atoms with E-state index in [1.165, 1.54) is 0 Å². The van der Waals surface area contributed by atoms with Crippen LogP contribution in [-0.4, -0.2) is 53.1 Å². The molecule has 0 radical (unpaired) electrons. The molecule has 1 unspecified atom stereocenters. The lowest BCUT2D eigenvalue weighted by molar-refractivity contribution is 0.163. The zero-order valence-electron chi connectivity index (χ0n) is 13.6. The highest BCUT2D eigenvalue weighted by Gasteiger charge is 2.15. The van der Waals surface area contributed by atoms with Crippen LogP contribution in [0, 0.1) is 0 Å². The van der Waals surface area contributed by atoms with Crippen LogP contribution in [0.25, 0.3) is 11.3 Å². The second-order valence-electron chi connectivity index (χ2n) is 6.00. The molecule has 1 atom stereocenters. The number of nitrogens with one attached hydrogen (secondary N) is 1. The fourth-order valence-corrected chi connectivity index (χ4v) is 2.66. The van der Waals surface area contributed by atoms with E-state index in [4.69, 9.17) is 9.47 Å². The number of nitrogens with zero attached hydrogens (tertiary/aromatic N) is 2. The zero-order chi connectivity index (χ0) is 16.2. The number of aliphatic hydroxyl groups is 1. The third-order valence-electron chi connectivity index (χ3n) is 3.92. The van der Waals surface area contributed by atoms with Gasteiger partial charge in [0.15, 0.2) is 11.5 Å². The number of aromatic nitrogens is 2. The van der Waals surface area contributed by atoms with Crippen LogP contribution in [-0.2, 0) is 6.54 Å². The van der Waals surface area contributed by atoms with Gasteiger partial charge >= 0.3 is 0 Å². The van der Waals surface area contributed by atoms with Crippen molar-refractivity contribution in [2.75, 3.05) is 26.8 Å². The molecule has 0 spiro atoms. The van der Waals surface area contributed by atoms with Crippen molar-refractivity contribution in [1.29, 1.82) is 0 Å². The summed E-state index contributed by atoms with van der Waals surface area (Å²) in [6.45, 7) is 4.59. The Morgan fingerprint density at radius 3 is 2.87 bits per heavy atom. The van der Waals surface area contributed by atoms with Crippen molar-refractivity contribution in [2.24, 2.45) is 0 Å². The van der Waals surface area contributed by atoms with Crippen molar-refractivity contribution in [3.63, 3.8) is 0 Å². The molecule has 2 N–H and O–H groups in total. The summed E-state index contributed by atoms with van der Waals surface area (Å²) in [7, 11) is 2.04. The highest BCUT2D eigenvalue weighted by atomic mass is 16.6. The molecule has 1 aromatic heterocycles. The summed E-state index contributed by atoms with van der Waals surface area (Å²) in [5.74, 6) is 1.56. The van der Waals surface area contributed by atoms with E-state index in [0.717, 1.165) is 47.8 Å². The van der Waals surface area contributed by atoms with E-state index < -0.39 is 0 Å². The minimum Gasteiger partial charge on any atom is -0.486 e. The average Bonchev–Trinajstić information content (AvgIpc) is 3.00. The maximum absolute atomic E-state index is 9.40. The molecule has 3 rings (SSSR count). The van der Waals surface area contributed by atoms with Crippen molar-refractivity contribution >= 4 is 0 Å². The van der Waals surface area contributed by atoms with Gasteiger partial charge in [0.05, 0.1) is 18.0 Å². The smallest absolute Gasteiger partial charge is 0.162 e. The van der Waals surface area contributed by atoms with E-state index in [-0.39, 0.29) is 6.10 Å². The van der Waals surface area contributed by atoms with E-state index in [0.29, 0.717) is 13.2 Å². The summed E-state index contributed by atoms with van der Waals surface area (Å²) in [5.41, 5.74) is 3.14. The summed E-state index contributed by atoms with van der Waals surface area (Å²) in [6.07, 6.45) is 2.33. The topological polar surface area (TPSA) is 70.6 Å². The number of ether oxygens (including phenoxy) is 2. The van der Waals surface area contributed by atoms with Crippen LogP contribution in [0.5, 0.6) is 11.5 Å². The Labute approximate surface area is 136 Å². The first kappa shape index (κ1) is 15.8. The van der Waals surface area contributed by atoms with Crippen LogP contribution in [0.1, 0.15) is 18.9 Å². The maximum Gasteiger partial charge on any atom is 0.162 e. The summed E-state index contributed by atoms with van der Waals surface area (Å²) in [6, 6.07) is 5.94. The first-order valence-corrected chi connectivity index (χ1v) is 7.92. The van der Waals surface area contributed by atoms with Crippen molar-refractivity contribution in [3.8, 4) is 22.8 Å². The number of aliphatic hydroxyl groups excluding tert-OH is 1. The van der Waals surface area contributed by atoms with Crippen LogP contribution in [0.15, 0.2) is 24.4 Å². The van der Waals surface area contributed by atoms with Crippen LogP contribution in [0.4, 0.5) is 0 Å². The molecule has 2 aromatic rings. The Morgan fingerprint density at radius 2 is 2.09 bits per heavy atom. The molecule has 2 heterocycles. The Bertz CT molecular complexity index is 654. The Kier molecular flexibility index (Phi) is 4.83. The van der Waals surface area contributed by atoms with Gasteiger partial charge in [-0.15, -0.1) is 0 Å². The predicted molar refractivity (Wildman–Crippen MR) is 87.6 cm³/mol. The van der Waals surface area contributed by atoms with Crippen LogP contribution < -0.4 is 9.47 Å². The highest BCUT2D eigenvalue weighted by molar-refractivity contribution is 5.66. The minimum absolute atomic E-state index is 0.279. The summed E-state index contributed by atoms with van der Waals surface area (Å²) < 4.78 is 11.2. The summed E-state index contributed by atoms with van der Waals surface area (Å²) in [5, 5.41) is 16.7. The van der Waals surface area contributed by atoms with E-state index in [1.807, 2.05) is 38.4 Å². The summed E-state index contributed by atoms with van der Waals surface area (Å²) in [4.78, 5) is 2.18. The maximum atomic E-state index is 9.40. The average molecular weight is 317 g/mol. The molecule has 0 saturated carbocycles.